The Bertz CT molecular complexity index is 3430. The van der Waals surface area contributed by atoms with Crippen molar-refractivity contribution in [3.8, 4) is 44.5 Å². The molecule has 0 spiro atoms. The number of benzene rings is 9. The third-order valence-corrected chi connectivity index (χ3v) is 9.23. The highest BCUT2D eigenvalue weighted by Gasteiger charge is 2.20. The number of para-hydroxylation sites is 1. The molecule has 0 fully saturated rings. The summed E-state index contributed by atoms with van der Waals surface area (Å²) < 4.78 is 103. The molecule has 0 aliphatic rings. The third-order valence-electron chi connectivity index (χ3n) is 9.23. The average molecular weight is 634 g/mol. The molecule has 1 aromatic heterocycles. The number of fused-ring (bicyclic) bond motifs is 6. The van der Waals surface area contributed by atoms with E-state index in [9.17, 15) is 2.74 Å². The van der Waals surface area contributed by atoms with E-state index in [1.165, 1.54) is 0 Å². The van der Waals surface area contributed by atoms with Crippen molar-refractivity contribution in [3.05, 3.63) is 182 Å². The molecule has 228 valence electrons. The maximum Gasteiger partial charge on any atom is 0.143 e. The van der Waals surface area contributed by atoms with E-state index in [0.29, 0.717) is 5.56 Å². The zero-order chi connectivity index (χ0) is 41.9. The first kappa shape index (κ1) is 18.8. The molecule has 10 aromatic rings. The van der Waals surface area contributed by atoms with Gasteiger partial charge < -0.3 is 4.42 Å². The normalized spacial score (nSPS) is 14.8. The van der Waals surface area contributed by atoms with Crippen molar-refractivity contribution in [1.29, 1.82) is 0 Å². The second-order valence-corrected chi connectivity index (χ2v) is 12.0. The van der Waals surface area contributed by atoms with Crippen LogP contribution in [0.25, 0.3) is 98.8 Å². The van der Waals surface area contributed by atoms with Gasteiger partial charge in [-0.3, -0.25) is 0 Å². The van der Waals surface area contributed by atoms with Crippen molar-refractivity contribution in [3.63, 3.8) is 0 Å². The van der Waals surface area contributed by atoms with Crippen LogP contribution in [-0.2, 0) is 0 Å². The van der Waals surface area contributed by atoms with E-state index in [1.54, 1.807) is 0 Å². The molecule has 0 amide bonds. The lowest BCUT2D eigenvalue weighted by atomic mass is 9.85. The summed E-state index contributed by atoms with van der Waals surface area (Å²) in [5.41, 5.74) is 3.65. The van der Waals surface area contributed by atoms with Crippen molar-refractivity contribution < 1.29 is 19.5 Å². The molecule has 0 aliphatic carbocycles. The first-order valence-electron chi connectivity index (χ1n) is 21.4. The van der Waals surface area contributed by atoms with E-state index in [4.69, 9.17) is 16.8 Å². The summed E-state index contributed by atoms with van der Waals surface area (Å²) in [6.45, 7) is 0. The highest BCUT2D eigenvalue weighted by atomic mass is 16.3. The molecule has 0 aliphatic heterocycles. The number of furan rings is 1. The van der Waals surface area contributed by atoms with Gasteiger partial charge in [-0.1, -0.05) is 158 Å². The van der Waals surface area contributed by atoms with Gasteiger partial charge in [0.15, 0.2) is 0 Å². The van der Waals surface area contributed by atoms with Crippen molar-refractivity contribution >= 4 is 54.3 Å². The molecule has 1 heteroatoms. The van der Waals surface area contributed by atoms with Gasteiger partial charge >= 0.3 is 0 Å². The standard InChI is InChI=1S/C48H30O/c1-2-12-31(13-3-1)36-26-27-45-44(30-36)42-22-11-23-43(48(42)49-45)47-40-20-8-6-18-38(40)46(39-19-7-9-21-41(39)47)37-17-10-16-34(29-37)35-25-24-32-14-4-5-15-33(32)28-35/h1-30H/i1D,2D,3D,11D,12D,13D,22D,23D,26D,27D,30D. The van der Waals surface area contributed by atoms with Crippen LogP contribution in [0.2, 0.25) is 0 Å². The van der Waals surface area contributed by atoms with Crippen LogP contribution >= 0.6 is 0 Å². The molecule has 0 unspecified atom stereocenters. The molecule has 0 N–H and O–H groups in total. The molecule has 0 saturated carbocycles. The second kappa shape index (κ2) is 11.1. The van der Waals surface area contributed by atoms with E-state index in [-0.39, 0.29) is 39.1 Å². The van der Waals surface area contributed by atoms with Gasteiger partial charge in [-0.2, -0.15) is 0 Å². The number of hydrogen-bond acceptors (Lipinski definition) is 1. The molecular weight excluding hydrogens is 593 g/mol. The van der Waals surface area contributed by atoms with Crippen LogP contribution in [0.4, 0.5) is 0 Å². The largest absolute Gasteiger partial charge is 0.455 e. The van der Waals surface area contributed by atoms with Gasteiger partial charge in [0.1, 0.15) is 11.2 Å². The van der Waals surface area contributed by atoms with Crippen LogP contribution in [-0.4, -0.2) is 0 Å². The van der Waals surface area contributed by atoms with Crippen LogP contribution in [0.5, 0.6) is 0 Å². The topological polar surface area (TPSA) is 13.1 Å². The maximum atomic E-state index is 9.42. The van der Waals surface area contributed by atoms with Crippen molar-refractivity contribution in [2.75, 3.05) is 0 Å². The van der Waals surface area contributed by atoms with E-state index >= 15 is 0 Å². The molecule has 0 atom stereocenters. The van der Waals surface area contributed by atoms with Crippen molar-refractivity contribution in [2.24, 2.45) is 0 Å². The Kier molecular flexibility index (Phi) is 4.25. The minimum atomic E-state index is -0.660. The Labute approximate surface area is 299 Å². The highest BCUT2D eigenvalue weighted by Crippen LogP contribution is 2.47. The summed E-state index contributed by atoms with van der Waals surface area (Å²) in [5, 5.41) is 5.28. The number of rotatable bonds is 4. The SMILES string of the molecule is [2H]c1c([2H])c([2H])c(-c2c([2H])c([2H])c3oc4c(-c5c6ccccc6c(-c6cccc(-c7ccc8ccccc8c7)c6)c6ccccc56)c([2H])c([2H])c([2H])c4c3c2[2H])c([2H])c1[2H]. The Morgan fingerprint density at radius 1 is 0.388 bits per heavy atom. The Morgan fingerprint density at radius 3 is 1.84 bits per heavy atom. The van der Waals surface area contributed by atoms with Gasteiger partial charge in [0, 0.05) is 21.9 Å². The summed E-state index contributed by atoms with van der Waals surface area (Å²) >= 11 is 0. The van der Waals surface area contributed by atoms with Crippen molar-refractivity contribution in [1.82, 2.24) is 0 Å². The van der Waals surface area contributed by atoms with Crippen molar-refractivity contribution in [2.45, 2.75) is 0 Å². The predicted octanol–water partition coefficient (Wildman–Crippen LogP) is 13.7. The van der Waals surface area contributed by atoms with E-state index < -0.39 is 66.0 Å². The molecule has 0 bridgehead atoms. The minimum Gasteiger partial charge on any atom is -0.455 e. The van der Waals surface area contributed by atoms with E-state index in [1.807, 2.05) is 66.7 Å². The molecule has 10 rings (SSSR count). The zero-order valence-corrected chi connectivity index (χ0v) is 25.9. The summed E-state index contributed by atoms with van der Waals surface area (Å²) in [5.74, 6) is 0. The van der Waals surface area contributed by atoms with Gasteiger partial charge in [0.2, 0.25) is 0 Å². The monoisotopic (exact) mass is 633 g/mol. The summed E-state index contributed by atoms with van der Waals surface area (Å²) in [6.07, 6.45) is 0. The lowest BCUT2D eigenvalue weighted by Gasteiger charge is -2.18. The highest BCUT2D eigenvalue weighted by molar-refractivity contribution is 6.24. The second-order valence-electron chi connectivity index (χ2n) is 12.0. The van der Waals surface area contributed by atoms with Gasteiger partial charge in [0.25, 0.3) is 0 Å². The van der Waals surface area contributed by atoms with E-state index in [0.717, 1.165) is 54.6 Å². The van der Waals surface area contributed by atoms with Crippen LogP contribution in [0.1, 0.15) is 15.1 Å². The van der Waals surface area contributed by atoms with E-state index in [2.05, 4.69) is 48.5 Å². The smallest absolute Gasteiger partial charge is 0.143 e. The fraction of sp³-hybridized carbons (Fsp3) is 0. The van der Waals surface area contributed by atoms with Crippen LogP contribution in [0, 0.1) is 0 Å². The molecular formula is C48H30O. The van der Waals surface area contributed by atoms with Gasteiger partial charge in [-0.25, -0.2) is 0 Å². The molecule has 49 heavy (non-hydrogen) atoms. The summed E-state index contributed by atoms with van der Waals surface area (Å²) in [6, 6.07) is 32.5. The van der Waals surface area contributed by atoms with Gasteiger partial charge in [0.05, 0.1) is 15.1 Å². The fourth-order valence-electron chi connectivity index (χ4n) is 7.03. The minimum absolute atomic E-state index is 0.0306. The lowest BCUT2D eigenvalue weighted by molar-refractivity contribution is 0.670. The first-order chi connectivity index (χ1) is 28.9. The van der Waals surface area contributed by atoms with Gasteiger partial charge in [-0.15, -0.1) is 0 Å². The summed E-state index contributed by atoms with van der Waals surface area (Å²) in [7, 11) is 0. The van der Waals surface area contributed by atoms with Crippen LogP contribution in [0.3, 0.4) is 0 Å². The predicted molar refractivity (Wildman–Crippen MR) is 208 cm³/mol. The molecule has 1 nitrogen and oxygen atoms in total. The average Bonchev–Trinajstić information content (AvgIpc) is 3.68. The fourth-order valence-corrected chi connectivity index (χ4v) is 7.03. The lowest BCUT2D eigenvalue weighted by Crippen LogP contribution is -1.91. The molecule has 1 heterocycles. The molecule has 9 aromatic carbocycles. The number of hydrogen-bond donors (Lipinski definition) is 0. The molecule has 0 radical (unpaired) electrons. The summed E-state index contributed by atoms with van der Waals surface area (Å²) in [4.78, 5) is 0. The Balaban J connectivity index is 1.29. The van der Waals surface area contributed by atoms with Gasteiger partial charge in [-0.05, 0) is 89.9 Å². The van der Waals surface area contributed by atoms with Crippen LogP contribution in [0.15, 0.2) is 186 Å². The quantitative estimate of drug-likeness (QED) is 0.176. The van der Waals surface area contributed by atoms with Crippen LogP contribution < -0.4 is 0 Å². The molecule has 0 saturated heterocycles. The zero-order valence-electron chi connectivity index (χ0n) is 36.9. The first-order valence-corrected chi connectivity index (χ1v) is 15.9. The maximum absolute atomic E-state index is 9.42. The Hall–Kier alpha value is -6.44. The third kappa shape index (κ3) is 4.47. The Morgan fingerprint density at radius 2 is 1.06 bits per heavy atom.